The second-order valence-electron chi connectivity index (χ2n) is 5.81. The first-order valence-electron chi connectivity index (χ1n) is 7.24. The molecule has 0 unspecified atom stereocenters. The number of rotatable bonds is 5. The van der Waals surface area contributed by atoms with Crippen molar-refractivity contribution in [3.05, 3.63) is 65.2 Å². The van der Waals surface area contributed by atoms with Crippen molar-refractivity contribution in [3.63, 3.8) is 0 Å². The first kappa shape index (κ1) is 17.0. The molecule has 2 aromatic carbocycles. The summed E-state index contributed by atoms with van der Waals surface area (Å²) in [6.45, 7) is -0.768. The maximum Gasteiger partial charge on any atom is 0.314 e. The number of aliphatic carboxylic acids is 1. The molecule has 2 N–H and O–H groups in total. The monoisotopic (exact) mass is 366 g/mol. The van der Waals surface area contributed by atoms with Crippen molar-refractivity contribution in [1.29, 1.82) is 0 Å². The van der Waals surface area contributed by atoms with Crippen LogP contribution in [0.5, 0.6) is 0 Å². The van der Waals surface area contributed by atoms with Gasteiger partial charge in [-0.3, -0.25) is 4.79 Å². The predicted molar refractivity (Wildman–Crippen MR) is 88.8 cm³/mol. The Kier molecular flexibility index (Phi) is 4.15. The van der Waals surface area contributed by atoms with Gasteiger partial charge in [-0.05, 0) is 29.8 Å². The summed E-state index contributed by atoms with van der Waals surface area (Å²) in [4.78, 5) is 11.9. The van der Waals surface area contributed by atoms with Crippen LogP contribution in [0.2, 0.25) is 5.02 Å². The molecule has 126 valence electrons. The highest BCUT2D eigenvalue weighted by atomic mass is 35.5. The Morgan fingerprint density at radius 1 is 1.12 bits per heavy atom. The smallest absolute Gasteiger partial charge is 0.314 e. The van der Waals surface area contributed by atoms with Gasteiger partial charge in [-0.2, -0.15) is 0 Å². The lowest BCUT2D eigenvalue weighted by Crippen LogP contribution is -2.27. The highest BCUT2D eigenvalue weighted by Crippen LogP contribution is 2.64. The van der Waals surface area contributed by atoms with E-state index in [-0.39, 0.29) is 4.90 Å². The van der Waals surface area contributed by atoms with Gasteiger partial charge in [0.05, 0.1) is 16.8 Å². The van der Waals surface area contributed by atoms with Crippen LogP contribution in [0.1, 0.15) is 11.5 Å². The average Bonchev–Trinajstić information content (AvgIpc) is 3.27. The van der Waals surface area contributed by atoms with Gasteiger partial charge in [0.1, 0.15) is 5.41 Å². The van der Waals surface area contributed by atoms with E-state index in [0.717, 1.165) is 0 Å². The molecule has 3 rings (SSSR count). The molecule has 0 heterocycles. The number of halogens is 1. The molecule has 0 spiro atoms. The van der Waals surface area contributed by atoms with Crippen LogP contribution in [-0.2, 0) is 14.6 Å². The van der Waals surface area contributed by atoms with Crippen molar-refractivity contribution in [2.45, 2.75) is 16.1 Å². The Bertz CT molecular complexity index is 881. The number of carboxylic acids is 1. The zero-order chi connectivity index (χ0) is 17.5. The van der Waals surface area contributed by atoms with Crippen molar-refractivity contribution in [1.82, 2.24) is 0 Å². The van der Waals surface area contributed by atoms with E-state index in [1.165, 1.54) is 12.1 Å². The summed E-state index contributed by atoms with van der Waals surface area (Å²) in [5, 5.41) is 18.5. The van der Waals surface area contributed by atoms with Gasteiger partial charge in [0, 0.05) is 10.9 Å². The molecular formula is C17H15ClO5S. The second kappa shape index (κ2) is 5.88. The van der Waals surface area contributed by atoms with E-state index in [1.807, 2.05) is 0 Å². The minimum absolute atomic E-state index is 0.0404. The molecule has 5 nitrogen and oxygen atoms in total. The van der Waals surface area contributed by atoms with Crippen LogP contribution < -0.4 is 0 Å². The van der Waals surface area contributed by atoms with Crippen molar-refractivity contribution in [3.8, 4) is 0 Å². The number of hydrogen-bond acceptors (Lipinski definition) is 4. The van der Waals surface area contributed by atoms with Crippen molar-refractivity contribution in [2.75, 3.05) is 6.61 Å². The molecule has 1 aliphatic carbocycles. The fraction of sp³-hybridized carbons (Fsp3) is 0.235. The molecule has 0 aliphatic heterocycles. The minimum Gasteiger partial charge on any atom is -0.481 e. The first-order chi connectivity index (χ1) is 11.4. The maximum absolute atomic E-state index is 12.9. The zero-order valence-corrected chi connectivity index (χ0v) is 14.0. The Balaban J connectivity index is 2.13. The van der Waals surface area contributed by atoms with Gasteiger partial charge in [0.25, 0.3) is 0 Å². The Morgan fingerprint density at radius 2 is 1.79 bits per heavy atom. The molecule has 1 fully saturated rings. The standard InChI is InChI=1S/C17H15ClO5S/c18-12-6-4-5-11(9-12)14-15(17(14,10-19)16(20)21)24(22,23)13-7-2-1-3-8-13/h1-9,14-15,19H,10H2,(H,20,21)/t14-,15+,17+/m1/s1. The quantitative estimate of drug-likeness (QED) is 0.847. The van der Waals surface area contributed by atoms with Crippen molar-refractivity contribution in [2.24, 2.45) is 5.41 Å². The molecule has 7 heteroatoms. The molecule has 0 bridgehead atoms. The van der Waals surface area contributed by atoms with Gasteiger partial charge in [-0.25, -0.2) is 8.42 Å². The van der Waals surface area contributed by atoms with Gasteiger partial charge >= 0.3 is 5.97 Å². The Labute approximate surface area is 144 Å². The average molecular weight is 367 g/mol. The van der Waals surface area contributed by atoms with E-state index in [4.69, 9.17) is 11.6 Å². The third kappa shape index (κ3) is 2.42. The summed E-state index contributed by atoms with van der Waals surface area (Å²) in [5.74, 6) is -2.19. The van der Waals surface area contributed by atoms with E-state index in [1.54, 1.807) is 42.5 Å². The number of benzene rings is 2. The van der Waals surface area contributed by atoms with Gasteiger partial charge < -0.3 is 10.2 Å². The number of hydrogen-bond donors (Lipinski definition) is 2. The lowest BCUT2D eigenvalue weighted by atomic mass is 10.0. The third-order valence-electron chi connectivity index (χ3n) is 4.53. The summed E-state index contributed by atoms with van der Waals surface area (Å²) >= 11 is 5.95. The van der Waals surface area contributed by atoms with Crippen LogP contribution in [0, 0.1) is 5.41 Å². The van der Waals surface area contributed by atoms with Gasteiger partial charge in [0.15, 0.2) is 9.84 Å². The van der Waals surface area contributed by atoms with E-state index in [2.05, 4.69) is 0 Å². The van der Waals surface area contributed by atoms with Gasteiger partial charge in [-0.15, -0.1) is 0 Å². The van der Waals surface area contributed by atoms with Crippen LogP contribution >= 0.6 is 11.6 Å². The van der Waals surface area contributed by atoms with Crippen molar-refractivity contribution < 1.29 is 23.4 Å². The lowest BCUT2D eigenvalue weighted by molar-refractivity contribution is -0.145. The molecule has 1 aliphatic rings. The fourth-order valence-corrected chi connectivity index (χ4v) is 5.88. The summed E-state index contributed by atoms with van der Waals surface area (Å²) in [6, 6.07) is 14.1. The van der Waals surface area contributed by atoms with Gasteiger partial charge in [0.2, 0.25) is 0 Å². The van der Waals surface area contributed by atoms with Crippen LogP contribution in [0.4, 0.5) is 0 Å². The topological polar surface area (TPSA) is 91.7 Å². The molecular weight excluding hydrogens is 352 g/mol. The number of carboxylic acid groups (broad SMARTS) is 1. The molecule has 0 aromatic heterocycles. The molecule has 2 aromatic rings. The summed E-state index contributed by atoms with van der Waals surface area (Å²) in [5.41, 5.74) is -1.28. The van der Waals surface area contributed by atoms with Crippen molar-refractivity contribution >= 4 is 27.4 Å². The largest absolute Gasteiger partial charge is 0.481 e. The Hall–Kier alpha value is -1.89. The molecule has 0 saturated heterocycles. The Morgan fingerprint density at radius 3 is 2.33 bits per heavy atom. The number of aliphatic hydroxyl groups excluding tert-OH is 1. The van der Waals surface area contributed by atoms with E-state index in [0.29, 0.717) is 10.6 Å². The molecule has 24 heavy (non-hydrogen) atoms. The molecule has 0 amide bonds. The van der Waals surface area contributed by atoms with E-state index < -0.39 is 39.0 Å². The van der Waals surface area contributed by atoms with Crippen LogP contribution in [0.15, 0.2) is 59.5 Å². The SMILES string of the molecule is O=C(O)[C@@]1(CO)[C@H](c2cccc(Cl)c2)[C@@H]1S(=O)(=O)c1ccccc1. The summed E-state index contributed by atoms with van der Waals surface area (Å²) in [6.07, 6.45) is 0. The first-order valence-corrected chi connectivity index (χ1v) is 9.17. The van der Waals surface area contributed by atoms with E-state index >= 15 is 0 Å². The maximum atomic E-state index is 12.9. The summed E-state index contributed by atoms with van der Waals surface area (Å²) < 4.78 is 25.9. The minimum atomic E-state index is -3.92. The highest BCUT2D eigenvalue weighted by molar-refractivity contribution is 7.92. The molecule has 3 atom stereocenters. The zero-order valence-electron chi connectivity index (χ0n) is 12.5. The highest BCUT2D eigenvalue weighted by Gasteiger charge is 2.75. The lowest BCUT2D eigenvalue weighted by Gasteiger charge is -2.09. The van der Waals surface area contributed by atoms with E-state index in [9.17, 15) is 23.4 Å². The third-order valence-corrected chi connectivity index (χ3v) is 7.06. The predicted octanol–water partition coefficient (Wildman–Crippen LogP) is 2.34. The van der Waals surface area contributed by atoms with Crippen LogP contribution in [0.25, 0.3) is 0 Å². The number of aliphatic hydroxyl groups is 1. The normalized spacial score (nSPS) is 26.1. The molecule has 0 radical (unpaired) electrons. The number of carbonyl (C=O) groups is 1. The fourth-order valence-electron chi connectivity index (χ4n) is 3.30. The molecule has 1 saturated carbocycles. The van der Waals surface area contributed by atoms with Crippen LogP contribution in [0.3, 0.4) is 0 Å². The van der Waals surface area contributed by atoms with Gasteiger partial charge in [-0.1, -0.05) is 41.9 Å². The van der Waals surface area contributed by atoms with Crippen LogP contribution in [-0.4, -0.2) is 36.5 Å². The number of sulfone groups is 1. The second-order valence-corrected chi connectivity index (χ2v) is 8.32. The summed E-state index contributed by atoms with van der Waals surface area (Å²) in [7, 11) is -3.92.